The van der Waals surface area contributed by atoms with Crippen molar-refractivity contribution < 1.29 is 26.0 Å². The zero-order chi connectivity index (χ0) is 23.1. The lowest BCUT2D eigenvalue weighted by Crippen LogP contribution is -2.30. The zero-order valence-corrected chi connectivity index (χ0v) is 19.3. The Morgan fingerprint density at radius 1 is 0.938 bits per heavy atom. The molecule has 4 rings (SSSR count). The molecule has 0 aliphatic heterocycles. The first-order valence-corrected chi connectivity index (χ1v) is 12.2. The molecule has 0 unspecified atom stereocenters. The van der Waals surface area contributed by atoms with Crippen molar-refractivity contribution in [2.24, 2.45) is 0 Å². The normalized spacial score (nSPS) is 12.3. The molecule has 1 heterocycles. The van der Waals surface area contributed by atoms with Crippen molar-refractivity contribution in [1.82, 2.24) is 0 Å². The minimum atomic E-state index is -4.90. The van der Waals surface area contributed by atoms with Gasteiger partial charge in [0.05, 0.1) is 21.5 Å². The maximum absolute atomic E-state index is 13.8. The average molecular weight is 544 g/mol. The van der Waals surface area contributed by atoms with Crippen LogP contribution in [0.5, 0.6) is 0 Å². The van der Waals surface area contributed by atoms with Gasteiger partial charge in [0.1, 0.15) is 10.8 Å². The van der Waals surface area contributed by atoms with Crippen LogP contribution >= 0.6 is 27.3 Å². The Morgan fingerprint density at radius 3 is 2.25 bits per heavy atom. The van der Waals surface area contributed by atoms with Gasteiger partial charge in [0, 0.05) is 10.1 Å². The smallest absolute Gasteiger partial charge is 0.251 e. The molecule has 3 nitrogen and oxygen atoms in total. The molecule has 0 aliphatic rings. The highest BCUT2D eigenvalue weighted by atomic mass is 79.9. The Morgan fingerprint density at radius 2 is 1.59 bits per heavy atom. The summed E-state index contributed by atoms with van der Waals surface area (Å²) in [5.74, 6) is -1.42. The number of anilines is 1. The van der Waals surface area contributed by atoms with Crippen molar-refractivity contribution in [3.63, 3.8) is 0 Å². The van der Waals surface area contributed by atoms with Gasteiger partial charge in [0.15, 0.2) is 0 Å². The number of hydrogen-bond donors (Lipinski definition) is 0. The number of halogens is 5. The Bertz CT molecular complexity index is 1390. The highest BCUT2D eigenvalue weighted by Crippen LogP contribution is 2.44. The van der Waals surface area contributed by atoms with Gasteiger partial charge in [0.2, 0.25) is 0 Å². The summed E-state index contributed by atoms with van der Waals surface area (Å²) < 4.78 is 82.8. The lowest BCUT2D eigenvalue weighted by Gasteiger charge is -2.24. The molecule has 4 aromatic rings. The molecule has 32 heavy (non-hydrogen) atoms. The molecular formula is C22H14BrF4NO2S2. The number of hydrogen-bond acceptors (Lipinski definition) is 3. The van der Waals surface area contributed by atoms with Crippen LogP contribution in [-0.4, -0.2) is 8.42 Å². The lowest BCUT2D eigenvalue weighted by molar-refractivity contribution is -0.140. The first-order chi connectivity index (χ1) is 15.1. The van der Waals surface area contributed by atoms with Crippen LogP contribution in [0.1, 0.15) is 11.1 Å². The predicted molar refractivity (Wildman–Crippen MR) is 121 cm³/mol. The van der Waals surface area contributed by atoms with Gasteiger partial charge in [-0.25, -0.2) is 12.8 Å². The standard InChI is InChI=1S/C22H14BrF4NO2S2/c23-20-16-8-4-5-9-19(16)31-21(20)28(32(29,30)15-6-2-1-3-7-15)13-14-10-11-18(24)17(12-14)22(25,26)27/h1-12H,13H2. The maximum atomic E-state index is 13.8. The van der Waals surface area contributed by atoms with E-state index in [0.717, 1.165) is 20.5 Å². The van der Waals surface area contributed by atoms with E-state index in [1.54, 1.807) is 30.3 Å². The van der Waals surface area contributed by atoms with E-state index in [2.05, 4.69) is 15.9 Å². The molecule has 0 N–H and O–H groups in total. The van der Waals surface area contributed by atoms with E-state index in [4.69, 9.17) is 0 Å². The van der Waals surface area contributed by atoms with E-state index >= 15 is 0 Å². The van der Waals surface area contributed by atoms with Gasteiger partial charge in [-0.3, -0.25) is 4.31 Å². The van der Waals surface area contributed by atoms with Crippen molar-refractivity contribution in [2.75, 3.05) is 4.31 Å². The van der Waals surface area contributed by atoms with E-state index in [1.807, 2.05) is 12.1 Å². The molecule has 3 aromatic carbocycles. The third-order valence-electron chi connectivity index (χ3n) is 4.74. The summed E-state index contributed by atoms with van der Waals surface area (Å²) in [6.45, 7) is -0.411. The Balaban J connectivity index is 1.88. The number of alkyl halides is 3. The van der Waals surface area contributed by atoms with E-state index in [1.165, 1.54) is 23.5 Å². The third kappa shape index (κ3) is 4.26. The lowest BCUT2D eigenvalue weighted by atomic mass is 10.1. The summed E-state index contributed by atoms with van der Waals surface area (Å²) in [7, 11) is -4.14. The highest BCUT2D eigenvalue weighted by molar-refractivity contribution is 9.10. The third-order valence-corrected chi connectivity index (χ3v) is 8.87. The Hall–Kier alpha value is -2.43. The number of thiophene rings is 1. The van der Waals surface area contributed by atoms with Crippen molar-refractivity contribution in [3.05, 3.63) is 94.2 Å². The Labute approximate surface area is 194 Å². The molecule has 0 bridgehead atoms. The molecule has 0 atom stereocenters. The quantitative estimate of drug-likeness (QED) is 0.249. The molecule has 0 aliphatic carbocycles. The van der Waals surface area contributed by atoms with E-state index < -0.39 is 34.1 Å². The van der Waals surface area contributed by atoms with Gasteiger partial charge in [-0.15, -0.1) is 11.3 Å². The van der Waals surface area contributed by atoms with Crippen LogP contribution < -0.4 is 4.31 Å². The fourth-order valence-electron chi connectivity index (χ4n) is 3.20. The van der Waals surface area contributed by atoms with E-state index in [-0.39, 0.29) is 10.5 Å². The molecule has 10 heteroatoms. The van der Waals surface area contributed by atoms with Gasteiger partial charge in [-0.2, -0.15) is 13.2 Å². The molecule has 166 valence electrons. The largest absolute Gasteiger partial charge is 0.419 e. The molecule has 0 spiro atoms. The number of rotatable bonds is 5. The van der Waals surface area contributed by atoms with Gasteiger partial charge in [-0.1, -0.05) is 42.5 Å². The Kier molecular flexibility index (Phi) is 6.04. The van der Waals surface area contributed by atoms with Crippen molar-refractivity contribution in [2.45, 2.75) is 17.6 Å². The number of benzene rings is 3. The number of fused-ring (bicyclic) bond motifs is 1. The average Bonchev–Trinajstić information content (AvgIpc) is 3.09. The second-order valence-corrected chi connectivity index (χ2v) is 10.5. The van der Waals surface area contributed by atoms with Gasteiger partial charge in [0.25, 0.3) is 10.0 Å². The van der Waals surface area contributed by atoms with Crippen LogP contribution in [0, 0.1) is 5.82 Å². The highest BCUT2D eigenvalue weighted by Gasteiger charge is 2.35. The van der Waals surface area contributed by atoms with Crippen LogP contribution in [0.4, 0.5) is 22.6 Å². The topological polar surface area (TPSA) is 37.4 Å². The zero-order valence-electron chi connectivity index (χ0n) is 16.1. The number of sulfonamides is 1. The fourth-order valence-corrected chi connectivity index (χ4v) is 7.04. The van der Waals surface area contributed by atoms with E-state index in [0.29, 0.717) is 21.6 Å². The SMILES string of the molecule is O=S(=O)(c1ccccc1)N(Cc1ccc(F)c(C(F)(F)F)c1)c1sc2ccccc2c1Br. The van der Waals surface area contributed by atoms with Gasteiger partial charge < -0.3 is 0 Å². The fraction of sp³-hybridized carbons (Fsp3) is 0.0909. The van der Waals surface area contributed by atoms with Crippen molar-refractivity contribution in [3.8, 4) is 0 Å². The van der Waals surface area contributed by atoms with Crippen LogP contribution in [0.15, 0.2) is 82.2 Å². The van der Waals surface area contributed by atoms with Crippen LogP contribution in [0.2, 0.25) is 0 Å². The van der Waals surface area contributed by atoms with Crippen LogP contribution in [-0.2, 0) is 22.7 Å². The maximum Gasteiger partial charge on any atom is 0.419 e. The number of nitrogens with zero attached hydrogens (tertiary/aromatic N) is 1. The summed E-state index contributed by atoms with van der Waals surface area (Å²) in [5.41, 5.74) is -1.44. The molecule has 0 saturated carbocycles. The molecule has 0 amide bonds. The van der Waals surface area contributed by atoms with Gasteiger partial charge >= 0.3 is 6.18 Å². The summed E-state index contributed by atoms with van der Waals surface area (Å²) in [5, 5.41) is 1.09. The first kappa shape index (κ1) is 22.8. The summed E-state index contributed by atoms with van der Waals surface area (Å²) in [6.07, 6.45) is -4.90. The van der Waals surface area contributed by atoms with Crippen molar-refractivity contribution in [1.29, 1.82) is 0 Å². The molecule has 0 saturated heterocycles. The van der Waals surface area contributed by atoms with Crippen LogP contribution in [0.25, 0.3) is 10.1 Å². The van der Waals surface area contributed by atoms with Crippen LogP contribution in [0.3, 0.4) is 0 Å². The second-order valence-electron chi connectivity index (χ2n) is 6.85. The molecule has 0 radical (unpaired) electrons. The van der Waals surface area contributed by atoms with Crippen molar-refractivity contribution >= 4 is 52.4 Å². The minimum absolute atomic E-state index is 0.00240. The summed E-state index contributed by atoms with van der Waals surface area (Å²) >= 11 is 4.64. The molecule has 0 fully saturated rings. The summed E-state index contributed by atoms with van der Waals surface area (Å²) in [6, 6.07) is 17.3. The van der Waals surface area contributed by atoms with Gasteiger partial charge in [-0.05, 0) is 51.8 Å². The molecule has 1 aromatic heterocycles. The second kappa shape index (κ2) is 8.49. The van der Waals surface area contributed by atoms with E-state index in [9.17, 15) is 26.0 Å². The monoisotopic (exact) mass is 543 g/mol. The summed E-state index contributed by atoms with van der Waals surface area (Å²) in [4.78, 5) is -0.0116. The first-order valence-electron chi connectivity index (χ1n) is 9.19. The molecular weight excluding hydrogens is 530 g/mol. The minimum Gasteiger partial charge on any atom is -0.251 e. The predicted octanol–water partition coefficient (Wildman–Crippen LogP) is 7.22.